The Kier molecular flexibility index (Phi) is 4.73. The van der Waals surface area contributed by atoms with Crippen molar-refractivity contribution in [3.63, 3.8) is 0 Å². The molecule has 15 heavy (non-hydrogen) atoms. The van der Waals surface area contributed by atoms with Crippen LogP contribution in [0.4, 0.5) is 0 Å². The van der Waals surface area contributed by atoms with Crippen LogP contribution < -0.4 is 10.0 Å². The summed E-state index contributed by atoms with van der Waals surface area (Å²) in [7, 11) is -3.06. The minimum atomic E-state index is -3.06. The molecule has 1 aromatic heterocycles. The summed E-state index contributed by atoms with van der Waals surface area (Å²) in [6.45, 7) is 2.59. The van der Waals surface area contributed by atoms with Crippen LogP contribution in [-0.2, 0) is 16.6 Å². The van der Waals surface area contributed by atoms with Crippen LogP contribution >= 0.6 is 0 Å². The molecule has 0 spiro atoms. The summed E-state index contributed by atoms with van der Waals surface area (Å²) in [6.07, 6.45) is 4.76. The van der Waals surface area contributed by atoms with E-state index >= 15 is 0 Å². The van der Waals surface area contributed by atoms with Crippen LogP contribution in [0.25, 0.3) is 0 Å². The Labute approximate surface area is 89.7 Å². The van der Waals surface area contributed by atoms with Crippen molar-refractivity contribution in [2.75, 3.05) is 25.9 Å². The number of hydrogen-bond donors (Lipinski definition) is 2. The molecule has 6 nitrogen and oxygen atoms in total. The van der Waals surface area contributed by atoms with Gasteiger partial charge >= 0.3 is 0 Å². The Bertz CT molecular complexity index is 360. The SMILES string of the molecule is CS(=O)(=O)NCCNCCn1cccn1. The maximum absolute atomic E-state index is 10.7. The van der Waals surface area contributed by atoms with Crippen molar-refractivity contribution in [2.45, 2.75) is 6.54 Å². The van der Waals surface area contributed by atoms with E-state index in [2.05, 4.69) is 15.1 Å². The average Bonchev–Trinajstić information content (AvgIpc) is 2.61. The highest BCUT2D eigenvalue weighted by molar-refractivity contribution is 7.88. The Morgan fingerprint density at radius 1 is 1.33 bits per heavy atom. The monoisotopic (exact) mass is 232 g/mol. The second-order valence-corrected chi connectivity index (χ2v) is 5.02. The van der Waals surface area contributed by atoms with Crippen LogP contribution in [0, 0.1) is 0 Å². The molecule has 0 aromatic carbocycles. The molecule has 2 N–H and O–H groups in total. The first-order valence-corrected chi connectivity index (χ1v) is 6.60. The zero-order chi connectivity index (χ0) is 11.1. The second-order valence-electron chi connectivity index (χ2n) is 3.19. The van der Waals surface area contributed by atoms with Crippen molar-refractivity contribution in [2.24, 2.45) is 0 Å². The molecule has 0 radical (unpaired) electrons. The number of nitrogens with zero attached hydrogens (tertiary/aromatic N) is 2. The molecule has 1 rings (SSSR count). The number of nitrogens with one attached hydrogen (secondary N) is 2. The van der Waals surface area contributed by atoms with Gasteiger partial charge in [-0.15, -0.1) is 0 Å². The fraction of sp³-hybridized carbons (Fsp3) is 0.625. The fourth-order valence-electron chi connectivity index (χ4n) is 1.08. The summed E-state index contributed by atoms with van der Waals surface area (Å²) in [5, 5.41) is 7.15. The largest absolute Gasteiger partial charge is 0.314 e. The van der Waals surface area contributed by atoms with Crippen molar-refractivity contribution in [3.05, 3.63) is 18.5 Å². The lowest BCUT2D eigenvalue weighted by molar-refractivity contribution is 0.548. The molecule has 0 aliphatic rings. The van der Waals surface area contributed by atoms with E-state index < -0.39 is 10.0 Å². The third-order valence-electron chi connectivity index (χ3n) is 1.74. The molecular weight excluding hydrogens is 216 g/mol. The number of hydrogen-bond acceptors (Lipinski definition) is 4. The summed E-state index contributed by atoms with van der Waals surface area (Å²) in [5.41, 5.74) is 0. The molecule has 1 heterocycles. The highest BCUT2D eigenvalue weighted by atomic mass is 32.2. The maximum atomic E-state index is 10.7. The molecule has 0 aliphatic heterocycles. The van der Waals surface area contributed by atoms with Crippen molar-refractivity contribution < 1.29 is 8.42 Å². The van der Waals surface area contributed by atoms with Gasteiger partial charge < -0.3 is 5.32 Å². The summed E-state index contributed by atoms with van der Waals surface area (Å²) in [6, 6.07) is 1.87. The Hall–Kier alpha value is -0.920. The van der Waals surface area contributed by atoms with Gasteiger partial charge in [0.25, 0.3) is 0 Å². The second kappa shape index (κ2) is 5.84. The van der Waals surface area contributed by atoms with E-state index in [1.807, 2.05) is 16.9 Å². The van der Waals surface area contributed by atoms with Gasteiger partial charge in [-0.2, -0.15) is 5.10 Å². The minimum Gasteiger partial charge on any atom is -0.314 e. The smallest absolute Gasteiger partial charge is 0.208 e. The van der Waals surface area contributed by atoms with Gasteiger partial charge in [0.1, 0.15) is 0 Å². The normalized spacial score (nSPS) is 11.8. The van der Waals surface area contributed by atoms with E-state index in [1.165, 1.54) is 0 Å². The minimum absolute atomic E-state index is 0.415. The fourth-order valence-corrected chi connectivity index (χ4v) is 1.55. The molecule has 0 amide bonds. The maximum Gasteiger partial charge on any atom is 0.208 e. The van der Waals surface area contributed by atoms with Crippen LogP contribution in [0.5, 0.6) is 0 Å². The first kappa shape index (κ1) is 12.2. The van der Waals surface area contributed by atoms with E-state index in [1.54, 1.807) is 6.20 Å². The standard InChI is InChI=1S/C8H16N4O2S/c1-15(13,14)11-5-4-9-6-8-12-7-2-3-10-12/h2-3,7,9,11H,4-6,8H2,1H3. The van der Waals surface area contributed by atoms with Crippen molar-refractivity contribution >= 4 is 10.0 Å². The van der Waals surface area contributed by atoms with Gasteiger partial charge in [-0.3, -0.25) is 4.68 Å². The van der Waals surface area contributed by atoms with Crippen LogP contribution in [0.1, 0.15) is 0 Å². The van der Waals surface area contributed by atoms with Gasteiger partial charge in [0.05, 0.1) is 12.8 Å². The van der Waals surface area contributed by atoms with Crippen LogP contribution in [0.3, 0.4) is 0 Å². The molecule has 0 aliphatic carbocycles. The first-order chi connectivity index (χ1) is 7.08. The lowest BCUT2D eigenvalue weighted by Crippen LogP contribution is -2.32. The molecule has 0 atom stereocenters. The number of rotatable bonds is 7. The van der Waals surface area contributed by atoms with Crippen molar-refractivity contribution in [1.29, 1.82) is 0 Å². The van der Waals surface area contributed by atoms with E-state index in [-0.39, 0.29) is 0 Å². The Balaban J connectivity index is 1.99. The molecule has 0 saturated carbocycles. The van der Waals surface area contributed by atoms with Crippen LogP contribution in [0.2, 0.25) is 0 Å². The van der Waals surface area contributed by atoms with E-state index in [4.69, 9.17) is 0 Å². The number of aromatic nitrogens is 2. The lowest BCUT2D eigenvalue weighted by Gasteiger charge is -2.05. The number of sulfonamides is 1. The van der Waals surface area contributed by atoms with Crippen LogP contribution in [0.15, 0.2) is 18.5 Å². The molecular formula is C8H16N4O2S. The summed E-state index contributed by atoms with van der Waals surface area (Å²) in [4.78, 5) is 0. The highest BCUT2D eigenvalue weighted by Gasteiger charge is 1.97. The molecule has 0 fully saturated rings. The molecule has 86 valence electrons. The molecule has 7 heteroatoms. The van der Waals surface area contributed by atoms with Gasteiger partial charge in [0.15, 0.2) is 0 Å². The summed E-state index contributed by atoms with van der Waals surface area (Å²) in [5.74, 6) is 0. The van der Waals surface area contributed by atoms with E-state index in [0.29, 0.717) is 13.1 Å². The van der Waals surface area contributed by atoms with Crippen molar-refractivity contribution in [3.8, 4) is 0 Å². The highest BCUT2D eigenvalue weighted by Crippen LogP contribution is 1.81. The zero-order valence-corrected chi connectivity index (χ0v) is 9.50. The van der Waals surface area contributed by atoms with Crippen molar-refractivity contribution in [1.82, 2.24) is 19.8 Å². The lowest BCUT2D eigenvalue weighted by atomic mass is 10.5. The van der Waals surface area contributed by atoms with E-state index in [0.717, 1.165) is 19.3 Å². The summed E-state index contributed by atoms with van der Waals surface area (Å²) < 4.78 is 25.6. The van der Waals surface area contributed by atoms with Gasteiger partial charge in [-0.25, -0.2) is 13.1 Å². The molecule has 0 bridgehead atoms. The van der Waals surface area contributed by atoms with Gasteiger partial charge in [-0.05, 0) is 6.07 Å². The topological polar surface area (TPSA) is 76.0 Å². The predicted molar refractivity (Wildman–Crippen MR) is 57.9 cm³/mol. The third kappa shape index (κ3) is 6.21. The van der Waals surface area contributed by atoms with Gasteiger partial charge in [0.2, 0.25) is 10.0 Å². The zero-order valence-electron chi connectivity index (χ0n) is 8.68. The van der Waals surface area contributed by atoms with Gasteiger partial charge in [0, 0.05) is 32.0 Å². The van der Waals surface area contributed by atoms with Gasteiger partial charge in [-0.1, -0.05) is 0 Å². The molecule has 0 unspecified atom stereocenters. The third-order valence-corrected chi connectivity index (χ3v) is 2.47. The Morgan fingerprint density at radius 2 is 2.13 bits per heavy atom. The molecule has 1 aromatic rings. The van der Waals surface area contributed by atoms with Crippen LogP contribution in [-0.4, -0.2) is 44.1 Å². The Morgan fingerprint density at radius 3 is 2.73 bits per heavy atom. The van der Waals surface area contributed by atoms with E-state index in [9.17, 15) is 8.42 Å². The predicted octanol–water partition coefficient (Wildman–Crippen LogP) is -0.978. The quantitative estimate of drug-likeness (QED) is 0.593. The average molecular weight is 232 g/mol. The first-order valence-electron chi connectivity index (χ1n) is 4.71. The summed E-state index contributed by atoms with van der Waals surface area (Å²) >= 11 is 0. The molecule has 0 saturated heterocycles.